The van der Waals surface area contributed by atoms with Crippen LogP contribution >= 0.6 is 0 Å². The molecular formula is C33H37N3O13. The van der Waals surface area contributed by atoms with Gasteiger partial charge in [-0.25, -0.2) is 0 Å². The number of rotatable bonds is 7. The summed E-state index contributed by atoms with van der Waals surface area (Å²) >= 11 is 0. The topological polar surface area (TPSA) is 247 Å². The van der Waals surface area contributed by atoms with E-state index in [-0.39, 0.29) is 40.8 Å². The van der Waals surface area contributed by atoms with E-state index >= 15 is 0 Å². The molecule has 49 heavy (non-hydrogen) atoms. The first-order valence-electron chi connectivity index (χ1n) is 15.8. The fraction of sp³-hybridized carbons (Fsp3) is 0.545. The smallest absolute Gasteiger partial charge is 0.202 e. The van der Waals surface area contributed by atoms with Gasteiger partial charge in [-0.3, -0.25) is 14.4 Å². The van der Waals surface area contributed by atoms with Gasteiger partial charge in [-0.05, 0) is 32.4 Å². The number of carbonyl (C=O) groups excluding carboxylic acids is 3. The molecule has 0 spiro atoms. The lowest BCUT2D eigenvalue weighted by atomic mass is 9.72. The van der Waals surface area contributed by atoms with Crippen molar-refractivity contribution < 1.29 is 63.6 Å². The van der Waals surface area contributed by atoms with Gasteiger partial charge >= 0.3 is 0 Å². The molecule has 8 unspecified atom stereocenters. The minimum Gasteiger partial charge on any atom is -0.507 e. The first kappa shape index (κ1) is 34.7. The molecule has 0 bridgehead atoms. The summed E-state index contributed by atoms with van der Waals surface area (Å²) in [5.74, 6) is -3.50. The summed E-state index contributed by atoms with van der Waals surface area (Å²) in [4.78, 5) is 43.2. The number of phenolic OH excluding ortho intramolecular Hbond substituents is 2. The number of fused-ring (bicyclic) bond motifs is 3. The highest BCUT2D eigenvalue weighted by molar-refractivity contribution is 6.31. The van der Waals surface area contributed by atoms with E-state index in [1.807, 2.05) is 0 Å². The van der Waals surface area contributed by atoms with Gasteiger partial charge in [0.25, 0.3) is 0 Å². The average molecular weight is 684 g/mol. The lowest BCUT2D eigenvalue weighted by Crippen LogP contribution is -2.54. The fourth-order valence-corrected chi connectivity index (χ4v) is 7.26. The third-order valence-corrected chi connectivity index (χ3v) is 9.87. The van der Waals surface area contributed by atoms with E-state index in [4.69, 9.17) is 23.7 Å². The Hall–Kier alpha value is -4.12. The maximum absolute atomic E-state index is 13.9. The van der Waals surface area contributed by atoms with E-state index in [1.165, 1.54) is 25.3 Å². The number of Topliss-reactive ketones (excluding diaryl/α,β-unsaturated/α-hetero) is 1. The van der Waals surface area contributed by atoms with E-state index < -0.39 is 114 Å². The summed E-state index contributed by atoms with van der Waals surface area (Å²) in [6.45, 7) is 4.34. The van der Waals surface area contributed by atoms with Gasteiger partial charge in [-0.2, -0.15) is 0 Å². The molecule has 5 N–H and O–H groups in total. The van der Waals surface area contributed by atoms with Crippen molar-refractivity contribution in [1.29, 1.82) is 0 Å². The van der Waals surface area contributed by atoms with Crippen molar-refractivity contribution in [3.8, 4) is 17.2 Å². The van der Waals surface area contributed by atoms with E-state index in [0.29, 0.717) is 0 Å². The minimum atomic E-state index is -2.10. The van der Waals surface area contributed by atoms with Gasteiger partial charge in [0.05, 0.1) is 60.4 Å². The van der Waals surface area contributed by atoms with Gasteiger partial charge < -0.3 is 49.2 Å². The second-order valence-electron chi connectivity index (χ2n) is 12.9. The predicted molar refractivity (Wildman–Crippen MR) is 165 cm³/mol. The summed E-state index contributed by atoms with van der Waals surface area (Å²) in [5.41, 5.74) is 5.88. The number of carbonyl (C=O) groups is 3. The normalized spacial score (nSPS) is 33.9. The van der Waals surface area contributed by atoms with E-state index in [9.17, 15) is 45.4 Å². The highest BCUT2D eigenvalue weighted by atomic mass is 16.7. The Morgan fingerprint density at radius 3 is 2.33 bits per heavy atom. The van der Waals surface area contributed by atoms with Crippen molar-refractivity contribution in [2.75, 3.05) is 7.11 Å². The second-order valence-corrected chi connectivity index (χ2v) is 12.9. The molecule has 0 aromatic heterocycles. The summed E-state index contributed by atoms with van der Waals surface area (Å²) in [6.07, 6.45) is -9.24. The number of hydrogen-bond acceptors (Lipinski definition) is 14. The zero-order valence-corrected chi connectivity index (χ0v) is 27.1. The monoisotopic (exact) mass is 683 g/mol. The molecule has 0 radical (unpaired) electrons. The Morgan fingerprint density at radius 2 is 1.67 bits per heavy atom. The van der Waals surface area contributed by atoms with Gasteiger partial charge in [-0.1, -0.05) is 17.2 Å². The minimum absolute atomic E-state index is 0.0508. The number of benzene rings is 2. The Kier molecular flexibility index (Phi) is 9.19. The quantitative estimate of drug-likeness (QED) is 0.104. The molecule has 6 rings (SSSR count). The molecule has 2 saturated heterocycles. The third-order valence-electron chi connectivity index (χ3n) is 9.87. The standard InChI is InChI=1S/C33H37N3O13/c1-12-27(39)18(38)9-22(46-12)49-32-13(2)47-21(8-17(32)35-36-34)48-20-11-33(44,14(3)37)10-16-24(20)31(43)26-25(29(16)41)28(40)15-6-5-7-19(45-4)23(15)30(26)42/h5-7,12-13,17-18,20-22,27,32,38-39,41,43-44H,8-11H2,1-4H3/t12?,13?,17?,18?,20-,21?,22?,27?,32?,33-/m0/s1. The summed E-state index contributed by atoms with van der Waals surface area (Å²) in [5, 5.41) is 58.8. The molecule has 16 heteroatoms. The maximum atomic E-state index is 13.9. The van der Waals surface area contributed by atoms with Crippen molar-refractivity contribution >= 4 is 17.3 Å². The molecule has 0 saturated carbocycles. The number of phenols is 2. The van der Waals surface area contributed by atoms with Crippen molar-refractivity contribution in [3.63, 3.8) is 0 Å². The van der Waals surface area contributed by atoms with Crippen LogP contribution in [0.25, 0.3) is 10.4 Å². The van der Waals surface area contributed by atoms with Crippen LogP contribution in [-0.2, 0) is 30.2 Å². The molecule has 16 nitrogen and oxygen atoms in total. The number of methoxy groups -OCH3 is 1. The molecule has 0 amide bonds. The molecule has 2 fully saturated rings. The van der Waals surface area contributed by atoms with Crippen LogP contribution < -0.4 is 4.74 Å². The SMILES string of the molecule is COc1cccc2c1C(=O)c1c(O)c3c(c(O)c1C2=O)C[C@@](O)(C(C)=O)C[C@@H]3OC1CC(N=[N+]=[N-])C(OC2CC(O)C(O)C(C)O2)C(C)O1. The van der Waals surface area contributed by atoms with Gasteiger partial charge in [0.2, 0.25) is 5.78 Å². The number of hydrogen-bond donors (Lipinski definition) is 5. The maximum Gasteiger partial charge on any atom is 0.202 e. The lowest BCUT2D eigenvalue weighted by molar-refractivity contribution is -0.302. The van der Waals surface area contributed by atoms with Crippen molar-refractivity contribution in [2.45, 2.75) is 107 Å². The Morgan fingerprint density at radius 1 is 1.00 bits per heavy atom. The van der Waals surface area contributed by atoms with Crippen molar-refractivity contribution in [1.82, 2.24) is 0 Å². The molecular weight excluding hydrogens is 646 g/mol. The van der Waals surface area contributed by atoms with Crippen LogP contribution in [0.3, 0.4) is 0 Å². The van der Waals surface area contributed by atoms with Crippen LogP contribution in [0.1, 0.15) is 89.1 Å². The Labute approximate surface area is 279 Å². The van der Waals surface area contributed by atoms with E-state index in [0.717, 1.165) is 6.92 Å². The number of aliphatic hydroxyl groups excluding tert-OH is 2. The number of ketones is 3. The van der Waals surface area contributed by atoms with Crippen LogP contribution in [0.4, 0.5) is 0 Å². The lowest BCUT2D eigenvalue weighted by Gasteiger charge is -2.44. The Balaban J connectivity index is 1.36. The first-order chi connectivity index (χ1) is 23.2. The third kappa shape index (κ3) is 5.83. The summed E-state index contributed by atoms with van der Waals surface area (Å²) in [6, 6.07) is 3.46. The highest BCUT2D eigenvalue weighted by Crippen LogP contribution is 2.52. The largest absolute Gasteiger partial charge is 0.507 e. The summed E-state index contributed by atoms with van der Waals surface area (Å²) < 4.78 is 29.4. The number of ether oxygens (including phenoxy) is 5. The number of azide groups is 1. The average Bonchev–Trinajstić information content (AvgIpc) is 3.05. The fourth-order valence-electron chi connectivity index (χ4n) is 7.26. The number of nitrogens with zero attached hydrogens (tertiary/aromatic N) is 3. The zero-order valence-electron chi connectivity index (χ0n) is 27.1. The van der Waals surface area contributed by atoms with E-state index in [1.54, 1.807) is 13.8 Å². The van der Waals surface area contributed by atoms with Crippen LogP contribution in [0.15, 0.2) is 23.3 Å². The molecule has 2 heterocycles. The number of aliphatic hydroxyl groups is 3. The molecule has 2 aromatic rings. The van der Waals surface area contributed by atoms with Crippen LogP contribution in [0, 0.1) is 0 Å². The molecule has 2 aliphatic heterocycles. The van der Waals surface area contributed by atoms with Gasteiger partial charge in [0.1, 0.15) is 29.0 Å². The van der Waals surface area contributed by atoms with Crippen LogP contribution in [-0.4, -0.2) is 105 Å². The molecule has 10 atom stereocenters. The molecule has 4 aliphatic rings. The summed E-state index contributed by atoms with van der Waals surface area (Å²) in [7, 11) is 1.32. The van der Waals surface area contributed by atoms with Gasteiger partial charge in [-0.15, -0.1) is 0 Å². The molecule has 2 aromatic carbocycles. The second kappa shape index (κ2) is 13.0. The van der Waals surface area contributed by atoms with Gasteiger partial charge in [0.15, 0.2) is 24.1 Å². The molecule has 262 valence electrons. The van der Waals surface area contributed by atoms with Crippen LogP contribution in [0.5, 0.6) is 17.2 Å². The van der Waals surface area contributed by atoms with Crippen LogP contribution in [0.2, 0.25) is 0 Å². The highest BCUT2D eigenvalue weighted by Gasteiger charge is 2.50. The Bertz CT molecular complexity index is 1750. The first-order valence-corrected chi connectivity index (χ1v) is 15.8. The zero-order chi connectivity index (χ0) is 35.5. The predicted octanol–water partition coefficient (Wildman–Crippen LogP) is 2.26. The molecule has 2 aliphatic carbocycles. The van der Waals surface area contributed by atoms with Crippen molar-refractivity contribution in [2.24, 2.45) is 5.11 Å². The van der Waals surface area contributed by atoms with E-state index in [2.05, 4.69) is 10.0 Å². The number of aromatic hydroxyl groups is 2. The van der Waals surface area contributed by atoms with Gasteiger partial charge in [0, 0.05) is 47.3 Å². The van der Waals surface area contributed by atoms with Crippen molar-refractivity contribution in [3.05, 3.63) is 62.0 Å².